The molecule has 0 unspecified atom stereocenters. The Labute approximate surface area is 112 Å². The molecular formula is C16H27NO. The number of rotatable bonds is 7. The molecule has 0 aliphatic carbocycles. The van der Waals surface area contributed by atoms with E-state index in [2.05, 4.69) is 38.2 Å². The van der Waals surface area contributed by atoms with Gasteiger partial charge in [-0.2, -0.15) is 0 Å². The lowest BCUT2D eigenvalue weighted by Gasteiger charge is -2.01. The van der Waals surface area contributed by atoms with Gasteiger partial charge in [0.05, 0.1) is 0 Å². The summed E-state index contributed by atoms with van der Waals surface area (Å²) in [6.45, 7) is 8.44. The zero-order valence-electron chi connectivity index (χ0n) is 12.5. The monoisotopic (exact) mass is 249 g/mol. The van der Waals surface area contributed by atoms with Gasteiger partial charge in [0.1, 0.15) is 0 Å². The van der Waals surface area contributed by atoms with Crippen LogP contribution in [0.4, 0.5) is 0 Å². The summed E-state index contributed by atoms with van der Waals surface area (Å²) in [6.07, 6.45) is 10.4. The summed E-state index contributed by atoms with van der Waals surface area (Å²) in [7, 11) is 1.65. The molecule has 102 valence electrons. The molecule has 0 aromatic heterocycles. The van der Waals surface area contributed by atoms with E-state index in [0.29, 0.717) is 0 Å². The first kappa shape index (κ1) is 16.7. The standard InChI is InChI=1S/C16H27NO/c1-13(2)8-6-9-14(3)10-7-11-15(4)12-16(18)17-5/h8,10,12H,6-7,9,11H2,1-5H3,(H,17,18)/b14-10+,15-12+. The Kier molecular flexibility index (Phi) is 8.99. The maximum Gasteiger partial charge on any atom is 0.243 e. The van der Waals surface area contributed by atoms with Crippen molar-refractivity contribution in [3.05, 3.63) is 34.9 Å². The molecular weight excluding hydrogens is 222 g/mol. The van der Waals surface area contributed by atoms with Gasteiger partial charge in [-0.05, 0) is 53.4 Å². The number of likely N-dealkylation sites (N-methyl/N-ethyl adjacent to an activating group) is 1. The third kappa shape index (κ3) is 9.88. The summed E-state index contributed by atoms with van der Waals surface area (Å²) in [4.78, 5) is 11.1. The molecule has 0 atom stereocenters. The largest absolute Gasteiger partial charge is 0.356 e. The van der Waals surface area contributed by atoms with E-state index < -0.39 is 0 Å². The third-order valence-corrected chi connectivity index (χ3v) is 2.75. The minimum absolute atomic E-state index is 0.0169. The van der Waals surface area contributed by atoms with Crippen LogP contribution in [0.2, 0.25) is 0 Å². The highest BCUT2D eigenvalue weighted by atomic mass is 16.1. The first-order valence-corrected chi connectivity index (χ1v) is 6.63. The summed E-state index contributed by atoms with van der Waals surface area (Å²) in [5.74, 6) is -0.0169. The third-order valence-electron chi connectivity index (χ3n) is 2.75. The van der Waals surface area contributed by atoms with Gasteiger partial charge in [-0.1, -0.05) is 28.9 Å². The Morgan fingerprint density at radius 2 is 1.50 bits per heavy atom. The van der Waals surface area contributed by atoms with Crippen molar-refractivity contribution in [2.45, 2.75) is 53.4 Å². The van der Waals surface area contributed by atoms with Gasteiger partial charge in [-0.3, -0.25) is 4.79 Å². The Hall–Kier alpha value is -1.31. The number of carbonyl (C=O) groups excluding carboxylic acids is 1. The molecule has 0 heterocycles. The number of amides is 1. The zero-order chi connectivity index (χ0) is 14.0. The molecule has 0 fully saturated rings. The fourth-order valence-corrected chi connectivity index (χ4v) is 1.60. The van der Waals surface area contributed by atoms with Crippen LogP contribution in [0.5, 0.6) is 0 Å². The van der Waals surface area contributed by atoms with Crippen molar-refractivity contribution < 1.29 is 4.79 Å². The molecule has 0 aliphatic rings. The van der Waals surface area contributed by atoms with Crippen molar-refractivity contribution in [3.63, 3.8) is 0 Å². The van der Waals surface area contributed by atoms with Crippen molar-refractivity contribution >= 4 is 5.91 Å². The summed E-state index contributed by atoms with van der Waals surface area (Å²) < 4.78 is 0. The molecule has 2 heteroatoms. The highest BCUT2D eigenvalue weighted by molar-refractivity contribution is 5.87. The first-order chi connectivity index (χ1) is 8.45. The quantitative estimate of drug-likeness (QED) is 0.533. The average Bonchev–Trinajstić information content (AvgIpc) is 2.28. The number of hydrogen-bond acceptors (Lipinski definition) is 1. The fourth-order valence-electron chi connectivity index (χ4n) is 1.60. The van der Waals surface area contributed by atoms with E-state index in [1.165, 1.54) is 11.1 Å². The van der Waals surface area contributed by atoms with E-state index >= 15 is 0 Å². The minimum Gasteiger partial charge on any atom is -0.356 e. The fraction of sp³-hybridized carbons (Fsp3) is 0.562. The number of carbonyl (C=O) groups is 1. The van der Waals surface area contributed by atoms with E-state index in [9.17, 15) is 4.79 Å². The van der Waals surface area contributed by atoms with Crippen LogP contribution in [0.3, 0.4) is 0 Å². The predicted octanol–water partition coefficient (Wildman–Crippen LogP) is 4.15. The molecule has 0 aromatic carbocycles. The highest BCUT2D eigenvalue weighted by Gasteiger charge is 1.95. The molecule has 2 nitrogen and oxygen atoms in total. The van der Waals surface area contributed by atoms with Crippen LogP contribution in [0, 0.1) is 0 Å². The normalized spacial score (nSPS) is 12.3. The molecule has 1 N–H and O–H groups in total. The number of nitrogens with one attached hydrogen (secondary N) is 1. The molecule has 0 rings (SSSR count). The summed E-state index contributed by atoms with van der Waals surface area (Å²) in [5, 5.41) is 2.60. The van der Waals surface area contributed by atoms with Gasteiger partial charge in [0.25, 0.3) is 0 Å². The van der Waals surface area contributed by atoms with Gasteiger partial charge in [0, 0.05) is 13.1 Å². The lowest BCUT2D eigenvalue weighted by atomic mass is 10.1. The highest BCUT2D eigenvalue weighted by Crippen LogP contribution is 2.11. The molecule has 1 amide bonds. The van der Waals surface area contributed by atoms with Crippen LogP contribution in [0.1, 0.15) is 53.4 Å². The van der Waals surface area contributed by atoms with Crippen LogP contribution >= 0.6 is 0 Å². The summed E-state index contributed by atoms with van der Waals surface area (Å²) in [6, 6.07) is 0. The van der Waals surface area contributed by atoms with Crippen LogP contribution in [0.25, 0.3) is 0 Å². The van der Waals surface area contributed by atoms with Gasteiger partial charge in [0.15, 0.2) is 0 Å². The smallest absolute Gasteiger partial charge is 0.243 e. The van der Waals surface area contributed by atoms with Crippen LogP contribution in [-0.2, 0) is 4.79 Å². The molecule has 0 saturated heterocycles. The molecule has 0 aromatic rings. The SMILES string of the molecule is CNC(=O)/C=C(\C)CC/C=C(\C)CCC=C(C)C. The first-order valence-electron chi connectivity index (χ1n) is 6.63. The van der Waals surface area contributed by atoms with E-state index in [4.69, 9.17) is 0 Å². The molecule has 0 saturated carbocycles. The van der Waals surface area contributed by atoms with E-state index in [1.54, 1.807) is 13.1 Å². The maximum atomic E-state index is 11.1. The topological polar surface area (TPSA) is 29.1 Å². The molecule has 0 aliphatic heterocycles. The molecule has 0 spiro atoms. The second kappa shape index (κ2) is 9.69. The maximum absolute atomic E-state index is 11.1. The van der Waals surface area contributed by atoms with E-state index in [-0.39, 0.29) is 5.91 Å². The van der Waals surface area contributed by atoms with Crippen molar-refractivity contribution in [3.8, 4) is 0 Å². The number of allylic oxidation sites excluding steroid dienone is 5. The van der Waals surface area contributed by atoms with Gasteiger partial charge in [-0.15, -0.1) is 0 Å². The van der Waals surface area contributed by atoms with Crippen LogP contribution < -0.4 is 5.32 Å². The van der Waals surface area contributed by atoms with Crippen molar-refractivity contribution in [2.24, 2.45) is 0 Å². The van der Waals surface area contributed by atoms with E-state index in [1.807, 2.05) is 6.92 Å². The lowest BCUT2D eigenvalue weighted by Crippen LogP contribution is -2.14. The van der Waals surface area contributed by atoms with Crippen LogP contribution in [-0.4, -0.2) is 13.0 Å². The van der Waals surface area contributed by atoms with Crippen molar-refractivity contribution in [1.82, 2.24) is 5.32 Å². The summed E-state index contributed by atoms with van der Waals surface area (Å²) >= 11 is 0. The van der Waals surface area contributed by atoms with Gasteiger partial charge in [-0.25, -0.2) is 0 Å². The van der Waals surface area contributed by atoms with Crippen molar-refractivity contribution in [1.29, 1.82) is 0 Å². The predicted molar refractivity (Wildman–Crippen MR) is 79.5 cm³/mol. The number of hydrogen-bond donors (Lipinski definition) is 1. The van der Waals surface area contributed by atoms with E-state index in [0.717, 1.165) is 31.3 Å². The second-order valence-electron chi connectivity index (χ2n) is 5.01. The van der Waals surface area contributed by atoms with Gasteiger partial charge in [0.2, 0.25) is 5.91 Å². The Bertz CT molecular complexity index is 344. The molecule has 0 radical (unpaired) electrons. The Balaban J connectivity index is 3.97. The van der Waals surface area contributed by atoms with Crippen LogP contribution in [0.15, 0.2) is 34.9 Å². The second-order valence-corrected chi connectivity index (χ2v) is 5.01. The lowest BCUT2D eigenvalue weighted by molar-refractivity contribution is -0.116. The van der Waals surface area contributed by atoms with Gasteiger partial charge < -0.3 is 5.32 Å². The molecule has 18 heavy (non-hydrogen) atoms. The molecule has 0 bridgehead atoms. The average molecular weight is 249 g/mol. The summed E-state index contributed by atoms with van der Waals surface area (Å²) in [5.41, 5.74) is 3.94. The Morgan fingerprint density at radius 1 is 0.944 bits per heavy atom. The Morgan fingerprint density at radius 3 is 2.06 bits per heavy atom. The minimum atomic E-state index is -0.0169. The van der Waals surface area contributed by atoms with Gasteiger partial charge >= 0.3 is 0 Å². The van der Waals surface area contributed by atoms with Crippen molar-refractivity contribution in [2.75, 3.05) is 7.05 Å². The zero-order valence-corrected chi connectivity index (χ0v) is 12.5.